The van der Waals surface area contributed by atoms with Crippen LogP contribution in [0.1, 0.15) is 46.0 Å². The monoisotopic (exact) mass is 295 g/mol. The third-order valence-electron chi connectivity index (χ3n) is 3.73. The number of carboxylic acids is 1. The van der Waals surface area contributed by atoms with Gasteiger partial charge in [-0.1, -0.05) is 0 Å². The number of ketones is 1. The first-order valence-corrected chi connectivity index (χ1v) is 7.38. The molecule has 1 saturated heterocycles. The van der Waals surface area contributed by atoms with E-state index in [9.17, 15) is 19.5 Å². The van der Waals surface area contributed by atoms with E-state index in [4.69, 9.17) is 0 Å². The molecule has 2 atom stereocenters. The average Bonchev–Trinajstić information content (AvgIpc) is 2.87. The van der Waals surface area contributed by atoms with Crippen LogP contribution >= 0.6 is 11.3 Å². The minimum Gasteiger partial charge on any atom is -0.481 e. The maximum absolute atomic E-state index is 12.4. The lowest BCUT2D eigenvalue weighted by molar-refractivity contribution is -0.144. The number of Topliss-reactive ketones (excluding diaryl/α,β-unsaturated/α-hetero) is 1. The van der Waals surface area contributed by atoms with Crippen molar-refractivity contribution < 1.29 is 19.5 Å². The molecule has 0 aliphatic carbocycles. The molecule has 1 aromatic rings. The lowest BCUT2D eigenvalue weighted by Crippen LogP contribution is -2.48. The molecule has 2 rings (SSSR count). The molecule has 0 radical (unpaired) electrons. The first kappa shape index (κ1) is 14.7. The van der Waals surface area contributed by atoms with Crippen LogP contribution < -0.4 is 0 Å². The Kier molecular flexibility index (Phi) is 4.23. The molecular formula is C14H17NO4S. The fourth-order valence-corrected chi connectivity index (χ4v) is 3.40. The normalized spacial score (nSPS) is 22.6. The highest BCUT2D eigenvalue weighted by molar-refractivity contribution is 7.15. The zero-order valence-corrected chi connectivity index (χ0v) is 12.3. The summed E-state index contributed by atoms with van der Waals surface area (Å²) < 4.78 is 0. The van der Waals surface area contributed by atoms with Gasteiger partial charge in [-0.05, 0) is 38.8 Å². The van der Waals surface area contributed by atoms with Crippen molar-refractivity contribution in [3.05, 3.63) is 21.9 Å². The van der Waals surface area contributed by atoms with Gasteiger partial charge in [-0.2, -0.15) is 0 Å². The molecule has 1 aliphatic rings. The fourth-order valence-electron chi connectivity index (χ4n) is 2.54. The van der Waals surface area contributed by atoms with Crippen molar-refractivity contribution in [2.45, 2.75) is 32.7 Å². The van der Waals surface area contributed by atoms with E-state index >= 15 is 0 Å². The Morgan fingerprint density at radius 3 is 2.50 bits per heavy atom. The summed E-state index contributed by atoms with van der Waals surface area (Å²) in [6.07, 6.45) is 1.29. The van der Waals surface area contributed by atoms with Gasteiger partial charge in [-0.25, -0.2) is 0 Å². The molecule has 1 amide bonds. The summed E-state index contributed by atoms with van der Waals surface area (Å²) in [5.41, 5.74) is 0. The van der Waals surface area contributed by atoms with E-state index in [1.165, 1.54) is 18.3 Å². The van der Waals surface area contributed by atoms with E-state index < -0.39 is 11.9 Å². The number of hydrogen-bond donors (Lipinski definition) is 1. The third-order valence-corrected chi connectivity index (χ3v) is 4.90. The third kappa shape index (κ3) is 2.75. The zero-order valence-electron chi connectivity index (χ0n) is 11.5. The van der Waals surface area contributed by atoms with Crippen LogP contribution in [-0.2, 0) is 4.79 Å². The van der Waals surface area contributed by atoms with Gasteiger partial charge in [0.15, 0.2) is 5.78 Å². The number of hydrogen-bond acceptors (Lipinski definition) is 4. The molecule has 108 valence electrons. The first-order chi connectivity index (χ1) is 9.41. The highest BCUT2D eigenvalue weighted by Crippen LogP contribution is 2.27. The van der Waals surface area contributed by atoms with Crippen molar-refractivity contribution in [3.63, 3.8) is 0 Å². The molecule has 1 N–H and O–H groups in total. The largest absolute Gasteiger partial charge is 0.481 e. The molecule has 0 aromatic carbocycles. The predicted octanol–water partition coefficient (Wildman–Crippen LogP) is 2.28. The molecule has 1 fully saturated rings. The quantitative estimate of drug-likeness (QED) is 0.868. The van der Waals surface area contributed by atoms with Crippen LogP contribution in [-0.4, -0.2) is 40.3 Å². The standard InChI is InChI=1S/C14H17NO4S/c1-8-10(14(18)19)4-3-7-15(8)13(17)12-6-5-11(20-12)9(2)16/h5-6,8,10H,3-4,7H2,1-2H3,(H,18,19)/t8-,10-/m1/s1. The summed E-state index contributed by atoms with van der Waals surface area (Å²) >= 11 is 1.17. The summed E-state index contributed by atoms with van der Waals surface area (Å²) in [5, 5.41) is 9.18. The molecule has 2 heterocycles. The van der Waals surface area contributed by atoms with E-state index in [1.807, 2.05) is 0 Å². The smallest absolute Gasteiger partial charge is 0.308 e. The second kappa shape index (κ2) is 5.75. The zero-order chi connectivity index (χ0) is 14.9. The van der Waals surface area contributed by atoms with Gasteiger partial charge in [-0.3, -0.25) is 14.4 Å². The van der Waals surface area contributed by atoms with Crippen LogP contribution in [0, 0.1) is 5.92 Å². The summed E-state index contributed by atoms with van der Waals surface area (Å²) in [4.78, 5) is 37.6. The topological polar surface area (TPSA) is 74.7 Å². The molecule has 0 spiro atoms. The lowest BCUT2D eigenvalue weighted by Gasteiger charge is -2.37. The number of carboxylic acid groups (broad SMARTS) is 1. The number of likely N-dealkylation sites (tertiary alicyclic amines) is 1. The molecule has 0 bridgehead atoms. The van der Waals surface area contributed by atoms with Crippen molar-refractivity contribution >= 4 is 29.0 Å². The van der Waals surface area contributed by atoms with Crippen molar-refractivity contribution in [1.82, 2.24) is 4.90 Å². The van der Waals surface area contributed by atoms with Crippen molar-refractivity contribution in [3.8, 4) is 0 Å². The molecule has 0 saturated carbocycles. The van der Waals surface area contributed by atoms with Crippen LogP contribution in [0.5, 0.6) is 0 Å². The Bertz CT molecular complexity index is 551. The van der Waals surface area contributed by atoms with Gasteiger partial charge >= 0.3 is 5.97 Å². The van der Waals surface area contributed by atoms with Crippen LogP contribution in [0.3, 0.4) is 0 Å². The van der Waals surface area contributed by atoms with Gasteiger partial charge in [-0.15, -0.1) is 11.3 Å². The summed E-state index contributed by atoms with van der Waals surface area (Å²) in [7, 11) is 0. The highest BCUT2D eigenvalue weighted by Gasteiger charge is 2.36. The van der Waals surface area contributed by atoms with Crippen molar-refractivity contribution in [1.29, 1.82) is 0 Å². The second-order valence-corrected chi connectivity index (χ2v) is 6.13. The molecule has 0 unspecified atom stereocenters. The summed E-state index contributed by atoms with van der Waals surface area (Å²) in [5.74, 6) is -1.62. The predicted molar refractivity (Wildman–Crippen MR) is 75.2 cm³/mol. The fraction of sp³-hybridized carbons (Fsp3) is 0.500. The molecule has 20 heavy (non-hydrogen) atoms. The van der Waals surface area contributed by atoms with E-state index in [1.54, 1.807) is 24.0 Å². The number of thiophene rings is 1. The molecular weight excluding hydrogens is 278 g/mol. The number of aliphatic carboxylic acids is 1. The van der Waals surface area contributed by atoms with Gasteiger partial charge in [0, 0.05) is 12.6 Å². The van der Waals surface area contributed by atoms with Crippen molar-refractivity contribution in [2.75, 3.05) is 6.54 Å². The number of nitrogens with zero attached hydrogens (tertiary/aromatic N) is 1. The maximum Gasteiger partial charge on any atom is 0.308 e. The van der Waals surface area contributed by atoms with Crippen LogP contribution in [0.25, 0.3) is 0 Å². The highest BCUT2D eigenvalue weighted by atomic mass is 32.1. The Balaban J connectivity index is 2.18. The Morgan fingerprint density at radius 1 is 1.30 bits per heavy atom. The van der Waals surface area contributed by atoms with E-state index in [0.29, 0.717) is 29.1 Å². The van der Waals surface area contributed by atoms with Gasteiger partial charge in [0.05, 0.1) is 15.7 Å². The van der Waals surface area contributed by atoms with Crippen LogP contribution in [0.2, 0.25) is 0 Å². The number of rotatable bonds is 3. The number of piperidine rings is 1. The van der Waals surface area contributed by atoms with Gasteiger partial charge < -0.3 is 10.0 Å². The van der Waals surface area contributed by atoms with E-state index in [0.717, 1.165) is 0 Å². The van der Waals surface area contributed by atoms with Crippen LogP contribution in [0.15, 0.2) is 12.1 Å². The number of amides is 1. The van der Waals surface area contributed by atoms with Crippen LogP contribution in [0.4, 0.5) is 0 Å². The van der Waals surface area contributed by atoms with Gasteiger partial charge in [0.25, 0.3) is 5.91 Å². The average molecular weight is 295 g/mol. The first-order valence-electron chi connectivity index (χ1n) is 6.56. The summed E-state index contributed by atoms with van der Waals surface area (Å²) in [6.45, 7) is 3.80. The molecule has 1 aliphatic heterocycles. The SMILES string of the molecule is CC(=O)c1ccc(C(=O)N2CCC[C@@H](C(=O)O)[C@H]2C)s1. The van der Waals surface area contributed by atoms with Crippen molar-refractivity contribution in [2.24, 2.45) is 5.92 Å². The Hall–Kier alpha value is -1.69. The second-order valence-electron chi connectivity index (χ2n) is 5.05. The Morgan fingerprint density at radius 2 is 1.95 bits per heavy atom. The van der Waals surface area contributed by atoms with E-state index in [2.05, 4.69) is 0 Å². The van der Waals surface area contributed by atoms with E-state index in [-0.39, 0.29) is 17.7 Å². The number of carbonyl (C=O) groups is 3. The lowest BCUT2D eigenvalue weighted by atomic mass is 9.90. The Labute approximate surface area is 121 Å². The molecule has 1 aromatic heterocycles. The molecule has 5 nitrogen and oxygen atoms in total. The minimum absolute atomic E-state index is 0.0656. The molecule has 6 heteroatoms. The van der Waals surface area contributed by atoms with Gasteiger partial charge in [0.1, 0.15) is 0 Å². The number of carbonyl (C=O) groups excluding carboxylic acids is 2. The maximum atomic E-state index is 12.4. The minimum atomic E-state index is -0.856. The van der Waals surface area contributed by atoms with Gasteiger partial charge in [0.2, 0.25) is 0 Å². The summed E-state index contributed by atoms with van der Waals surface area (Å²) in [6, 6.07) is 2.96.